The van der Waals surface area contributed by atoms with E-state index in [9.17, 15) is 0 Å². The van der Waals surface area contributed by atoms with Gasteiger partial charge in [-0.15, -0.1) is 59.7 Å². The Morgan fingerprint density at radius 2 is 1.49 bits per heavy atom. The Balaban J connectivity index is 0.00000325. The van der Waals surface area contributed by atoms with Crippen molar-refractivity contribution in [3.05, 3.63) is 145 Å². The second kappa shape index (κ2) is 11.8. The predicted molar refractivity (Wildman–Crippen MR) is 176 cm³/mol. The first-order valence-corrected chi connectivity index (χ1v) is 14.5. The molecular formula is C39H26N4OPt. The first-order chi connectivity index (χ1) is 21.6. The first kappa shape index (κ1) is 28.6. The summed E-state index contributed by atoms with van der Waals surface area (Å²) in [5.74, 6) is 0.957. The molecule has 0 aliphatic heterocycles. The van der Waals surface area contributed by atoms with Gasteiger partial charge in [0.25, 0.3) is 0 Å². The van der Waals surface area contributed by atoms with E-state index in [4.69, 9.17) is 19.7 Å². The van der Waals surface area contributed by atoms with Crippen LogP contribution in [0.2, 0.25) is 0 Å². The van der Waals surface area contributed by atoms with Crippen LogP contribution in [0.5, 0.6) is 11.8 Å². The number of ether oxygens (including phenoxy) is 1. The fourth-order valence-corrected chi connectivity index (χ4v) is 5.90. The van der Waals surface area contributed by atoms with Crippen LogP contribution in [0.1, 0.15) is 11.1 Å². The maximum Gasteiger partial charge on any atom is 2.00 e. The van der Waals surface area contributed by atoms with E-state index < -0.39 is 0 Å². The van der Waals surface area contributed by atoms with Crippen LogP contribution < -0.4 is 4.74 Å². The Kier molecular flexibility index (Phi) is 7.48. The van der Waals surface area contributed by atoms with Crippen molar-refractivity contribution in [1.82, 2.24) is 19.4 Å². The smallest absolute Gasteiger partial charge is 0.422 e. The molecule has 0 unspecified atom stereocenters. The Morgan fingerprint density at radius 1 is 0.689 bits per heavy atom. The van der Waals surface area contributed by atoms with Crippen molar-refractivity contribution in [1.29, 1.82) is 0 Å². The molecule has 218 valence electrons. The molecule has 4 aromatic heterocycles. The van der Waals surface area contributed by atoms with Gasteiger partial charge in [0.05, 0.1) is 11.0 Å². The number of fused-ring (bicyclic) bond motifs is 5. The minimum atomic E-state index is 0. The average Bonchev–Trinajstić information content (AvgIpc) is 3.45. The summed E-state index contributed by atoms with van der Waals surface area (Å²) in [5, 5.41) is 2.11. The van der Waals surface area contributed by atoms with E-state index in [0.29, 0.717) is 11.8 Å². The summed E-state index contributed by atoms with van der Waals surface area (Å²) in [6.07, 6.45) is 2.07. The zero-order valence-electron chi connectivity index (χ0n) is 24.6. The third-order valence-corrected chi connectivity index (χ3v) is 8.02. The normalized spacial score (nSPS) is 11.2. The number of benzene rings is 4. The van der Waals surface area contributed by atoms with Gasteiger partial charge in [-0.1, -0.05) is 71.4 Å². The Labute approximate surface area is 275 Å². The van der Waals surface area contributed by atoms with Crippen molar-refractivity contribution < 1.29 is 25.8 Å². The second-order valence-corrected chi connectivity index (χ2v) is 10.9. The molecule has 0 saturated carbocycles. The maximum absolute atomic E-state index is 6.51. The van der Waals surface area contributed by atoms with Gasteiger partial charge in [0.1, 0.15) is 5.65 Å². The fraction of sp³-hybridized carbons (Fsp3) is 0.0513. The zero-order chi connectivity index (χ0) is 29.6. The topological polar surface area (TPSA) is 52.3 Å². The third-order valence-electron chi connectivity index (χ3n) is 8.02. The predicted octanol–water partition coefficient (Wildman–Crippen LogP) is 9.44. The molecule has 0 amide bonds. The first-order valence-electron chi connectivity index (χ1n) is 14.5. The Hall–Kier alpha value is -5.12. The van der Waals surface area contributed by atoms with Gasteiger partial charge in [0.2, 0.25) is 11.8 Å². The minimum absolute atomic E-state index is 0. The second-order valence-electron chi connectivity index (χ2n) is 10.9. The molecule has 0 N–H and O–H groups in total. The molecule has 0 radical (unpaired) electrons. The van der Waals surface area contributed by atoms with Crippen LogP contribution in [-0.4, -0.2) is 19.4 Å². The van der Waals surface area contributed by atoms with Crippen LogP contribution >= 0.6 is 0 Å². The van der Waals surface area contributed by atoms with Gasteiger partial charge >= 0.3 is 21.1 Å². The minimum Gasteiger partial charge on any atom is -0.422 e. The molecule has 5 nitrogen and oxygen atoms in total. The number of pyridine rings is 3. The van der Waals surface area contributed by atoms with E-state index in [1.165, 1.54) is 0 Å². The molecule has 8 aromatic rings. The van der Waals surface area contributed by atoms with Crippen molar-refractivity contribution in [3.63, 3.8) is 0 Å². The molecule has 0 bridgehead atoms. The molecule has 0 aliphatic carbocycles. The summed E-state index contributed by atoms with van der Waals surface area (Å²) in [4.78, 5) is 14.8. The van der Waals surface area contributed by atoms with Crippen LogP contribution in [0.25, 0.3) is 61.1 Å². The van der Waals surface area contributed by atoms with Gasteiger partial charge in [0, 0.05) is 11.8 Å². The van der Waals surface area contributed by atoms with E-state index in [-0.39, 0.29) is 21.1 Å². The average molecular weight is 762 g/mol. The molecule has 0 saturated heterocycles. The fourth-order valence-electron chi connectivity index (χ4n) is 5.90. The van der Waals surface area contributed by atoms with Crippen molar-refractivity contribution in [3.8, 4) is 45.4 Å². The number of nitrogens with zero attached hydrogens (tertiary/aromatic N) is 4. The van der Waals surface area contributed by atoms with Crippen molar-refractivity contribution in [2.75, 3.05) is 0 Å². The molecular weight excluding hydrogens is 736 g/mol. The molecule has 4 aromatic carbocycles. The number of imidazole rings is 1. The number of rotatable bonds is 5. The zero-order valence-corrected chi connectivity index (χ0v) is 26.8. The van der Waals surface area contributed by atoms with Gasteiger partial charge < -0.3 is 9.14 Å². The Bertz CT molecular complexity index is 2330. The number of para-hydroxylation sites is 2. The van der Waals surface area contributed by atoms with Crippen molar-refractivity contribution >= 4 is 27.5 Å². The van der Waals surface area contributed by atoms with Crippen LogP contribution in [0.4, 0.5) is 0 Å². The van der Waals surface area contributed by atoms with Gasteiger partial charge in [-0.2, -0.15) is 0 Å². The number of hydrogen-bond donors (Lipinski definition) is 0. The molecule has 45 heavy (non-hydrogen) atoms. The maximum atomic E-state index is 6.51. The molecule has 6 heteroatoms. The van der Waals surface area contributed by atoms with Crippen molar-refractivity contribution in [2.45, 2.75) is 13.8 Å². The summed E-state index contributed by atoms with van der Waals surface area (Å²) in [6.45, 7) is 4.22. The van der Waals surface area contributed by atoms with Gasteiger partial charge in [-0.3, -0.25) is 9.97 Å². The van der Waals surface area contributed by atoms with E-state index in [2.05, 4.69) is 79.0 Å². The van der Waals surface area contributed by atoms with Gasteiger partial charge in [0.15, 0.2) is 0 Å². The van der Waals surface area contributed by atoms with Gasteiger partial charge in [-0.25, -0.2) is 4.98 Å². The monoisotopic (exact) mass is 761 g/mol. The summed E-state index contributed by atoms with van der Waals surface area (Å²) in [6, 6.07) is 45.1. The molecule has 0 aliphatic rings. The summed E-state index contributed by atoms with van der Waals surface area (Å²) >= 11 is 0. The van der Waals surface area contributed by atoms with Crippen LogP contribution in [0.15, 0.2) is 121 Å². The standard InChI is InChI=1S/C39H26N4O.Pt/c1-25-10-8-11-26(2)37(25)31-20-21-33(27-12-4-3-5-13-27)42-39(31)44-36-17-9-15-32(40-36)29-18-19-30-28(24-29)22-23-43-35-16-7-6-14-34(35)41-38(30)43;/h3-12,14-17,19-24H,1-2H3;/q-2;+2. The largest absolute Gasteiger partial charge is 2.00 e. The number of aromatic nitrogens is 4. The van der Waals surface area contributed by atoms with Crippen LogP contribution in [-0.2, 0) is 21.1 Å². The Morgan fingerprint density at radius 3 is 2.33 bits per heavy atom. The summed E-state index contributed by atoms with van der Waals surface area (Å²) < 4.78 is 8.64. The molecule has 4 heterocycles. The molecule has 0 fully saturated rings. The summed E-state index contributed by atoms with van der Waals surface area (Å²) in [5.41, 5.74) is 10.6. The van der Waals surface area contributed by atoms with Crippen LogP contribution in [0, 0.1) is 26.0 Å². The third kappa shape index (κ3) is 5.20. The van der Waals surface area contributed by atoms with Crippen molar-refractivity contribution in [2.24, 2.45) is 0 Å². The molecule has 8 rings (SSSR count). The van der Waals surface area contributed by atoms with Crippen LogP contribution in [0.3, 0.4) is 0 Å². The molecule has 0 spiro atoms. The van der Waals surface area contributed by atoms with E-state index >= 15 is 0 Å². The van der Waals surface area contributed by atoms with E-state index in [0.717, 1.165) is 72.2 Å². The summed E-state index contributed by atoms with van der Waals surface area (Å²) in [7, 11) is 0. The SMILES string of the molecule is Cc1cccc(C)c1-c1ccc(-c2[c-]cccc2)nc1Oc1cccc(-c2[c-]cc3c(ccn4c5ccccc5nc34)c2)n1.[Pt+2]. The number of aryl methyl sites for hydroxylation is 2. The van der Waals surface area contributed by atoms with Gasteiger partial charge in [-0.05, 0) is 60.1 Å². The van der Waals surface area contributed by atoms with E-state index in [1.807, 2.05) is 72.8 Å². The number of hydrogen-bond acceptors (Lipinski definition) is 4. The molecule has 0 atom stereocenters. The quantitative estimate of drug-likeness (QED) is 0.164. The van der Waals surface area contributed by atoms with E-state index in [1.54, 1.807) is 0 Å².